The Balaban J connectivity index is 1.79. The molecule has 0 aliphatic carbocycles. The molecule has 0 atom stereocenters. The topological polar surface area (TPSA) is 96.6 Å². The number of ether oxygens (including phenoxy) is 2. The first-order chi connectivity index (χ1) is 18.1. The second-order valence-corrected chi connectivity index (χ2v) is 8.51. The van der Waals surface area contributed by atoms with Gasteiger partial charge in [-0.25, -0.2) is 18.4 Å². The standard InChI is InChI=1S/C28H24F2N2O6/c1-4-37-27(35)21-14-31(23-8-6-17(29)10-19(23)25(21)33)12-16(3)13-32-15-22(28(36)38-5-2)26(34)20-11-18(30)7-9-24(20)32/h6-11,14-15H,3-5,12-13H2,1-2H3. The Hall–Kier alpha value is -4.60. The first-order valence-electron chi connectivity index (χ1n) is 11.8. The highest BCUT2D eigenvalue weighted by molar-refractivity contribution is 5.94. The van der Waals surface area contributed by atoms with Gasteiger partial charge in [0.2, 0.25) is 10.9 Å². The lowest BCUT2D eigenvalue weighted by Crippen LogP contribution is -2.23. The van der Waals surface area contributed by atoms with Crippen LogP contribution in [0.25, 0.3) is 21.8 Å². The summed E-state index contributed by atoms with van der Waals surface area (Å²) in [5.74, 6) is -2.95. The zero-order chi connectivity index (χ0) is 27.6. The molecule has 0 fully saturated rings. The quantitative estimate of drug-likeness (QED) is 0.254. The Bertz CT molecular complexity index is 1600. The van der Waals surface area contributed by atoms with Gasteiger partial charge in [-0.15, -0.1) is 0 Å². The maximum atomic E-state index is 14.0. The van der Waals surface area contributed by atoms with Crippen molar-refractivity contribution in [3.63, 3.8) is 0 Å². The number of allylic oxidation sites excluding steroid dienone is 1. The molecule has 0 bridgehead atoms. The number of pyridine rings is 2. The minimum absolute atomic E-state index is 0.00256. The summed E-state index contributed by atoms with van der Waals surface area (Å²) < 4.78 is 41.1. The summed E-state index contributed by atoms with van der Waals surface area (Å²) in [6.45, 7) is 7.55. The fourth-order valence-corrected chi connectivity index (χ4v) is 4.24. The maximum Gasteiger partial charge on any atom is 0.343 e. The normalized spacial score (nSPS) is 11.1. The van der Waals surface area contributed by atoms with Crippen LogP contribution >= 0.6 is 0 Å². The van der Waals surface area contributed by atoms with Gasteiger partial charge in [0.15, 0.2) is 0 Å². The van der Waals surface area contributed by atoms with E-state index in [4.69, 9.17) is 9.47 Å². The SMILES string of the molecule is C=C(Cn1cc(C(=O)OCC)c(=O)c2cc(F)ccc21)Cn1cc(C(=O)OCC)c(=O)c2cc(F)ccc21. The Kier molecular flexibility index (Phi) is 7.52. The first-order valence-corrected chi connectivity index (χ1v) is 11.8. The minimum Gasteiger partial charge on any atom is -0.462 e. The van der Waals surface area contributed by atoms with Crippen LogP contribution in [0.1, 0.15) is 34.6 Å². The van der Waals surface area contributed by atoms with Crippen LogP contribution < -0.4 is 10.9 Å². The van der Waals surface area contributed by atoms with Crippen molar-refractivity contribution in [1.82, 2.24) is 9.13 Å². The lowest BCUT2D eigenvalue weighted by Gasteiger charge is -2.18. The van der Waals surface area contributed by atoms with Crippen LogP contribution in [0.4, 0.5) is 8.78 Å². The average molecular weight is 523 g/mol. The van der Waals surface area contributed by atoms with Crippen molar-refractivity contribution in [2.45, 2.75) is 26.9 Å². The molecule has 0 unspecified atom stereocenters. The van der Waals surface area contributed by atoms with E-state index in [2.05, 4.69) is 6.58 Å². The molecule has 4 aromatic rings. The number of nitrogens with zero attached hydrogens (tertiary/aromatic N) is 2. The highest BCUT2D eigenvalue weighted by Crippen LogP contribution is 2.19. The number of carbonyl (C=O) groups is 2. The molecule has 0 spiro atoms. The van der Waals surface area contributed by atoms with Gasteiger partial charge in [0.25, 0.3) is 0 Å². The highest BCUT2D eigenvalue weighted by Gasteiger charge is 2.19. The molecule has 0 radical (unpaired) electrons. The van der Waals surface area contributed by atoms with Gasteiger partial charge in [-0.1, -0.05) is 6.58 Å². The third kappa shape index (κ3) is 5.10. The van der Waals surface area contributed by atoms with Crippen molar-refractivity contribution in [2.75, 3.05) is 13.2 Å². The van der Waals surface area contributed by atoms with Gasteiger partial charge in [-0.05, 0) is 55.8 Å². The van der Waals surface area contributed by atoms with Crippen LogP contribution in [0.15, 0.2) is 70.5 Å². The van der Waals surface area contributed by atoms with Crippen molar-refractivity contribution < 1.29 is 27.8 Å². The van der Waals surface area contributed by atoms with Crippen molar-refractivity contribution in [1.29, 1.82) is 0 Å². The number of hydrogen-bond donors (Lipinski definition) is 0. The zero-order valence-electron chi connectivity index (χ0n) is 20.8. The number of benzene rings is 2. The first kappa shape index (κ1) is 26.5. The van der Waals surface area contributed by atoms with E-state index in [9.17, 15) is 28.0 Å². The van der Waals surface area contributed by atoms with Crippen molar-refractivity contribution >= 4 is 33.7 Å². The van der Waals surface area contributed by atoms with E-state index in [0.29, 0.717) is 16.6 Å². The lowest BCUT2D eigenvalue weighted by atomic mass is 10.1. The van der Waals surface area contributed by atoms with Gasteiger partial charge < -0.3 is 18.6 Å². The molecule has 0 saturated carbocycles. The molecular weight excluding hydrogens is 498 g/mol. The molecule has 0 aliphatic heterocycles. The van der Waals surface area contributed by atoms with Crippen LogP contribution in [0.5, 0.6) is 0 Å². The number of hydrogen-bond acceptors (Lipinski definition) is 6. The third-order valence-corrected chi connectivity index (χ3v) is 5.86. The monoisotopic (exact) mass is 522 g/mol. The molecule has 2 aromatic heterocycles. The molecule has 10 heteroatoms. The summed E-state index contributed by atoms with van der Waals surface area (Å²) in [5.41, 5.74) is -0.578. The third-order valence-electron chi connectivity index (χ3n) is 5.86. The molecule has 0 aliphatic rings. The number of halogens is 2. The number of fused-ring (bicyclic) bond motifs is 2. The van der Waals surface area contributed by atoms with Gasteiger partial charge in [-0.2, -0.15) is 0 Å². The summed E-state index contributed by atoms with van der Waals surface area (Å²) in [4.78, 5) is 50.6. The number of aromatic nitrogens is 2. The van der Waals surface area contributed by atoms with Crippen LogP contribution in [0.3, 0.4) is 0 Å². The molecule has 0 amide bonds. The molecular formula is C28H24F2N2O6. The zero-order valence-corrected chi connectivity index (χ0v) is 20.8. The van der Waals surface area contributed by atoms with Crippen molar-refractivity contribution in [3.8, 4) is 0 Å². The average Bonchev–Trinajstić information content (AvgIpc) is 2.87. The van der Waals surface area contributed by atoms with Crippen molar-refractivity contribution in [3.05, 3.63) is 104 Å². The fraction of sp³-hybridized carbons (Fsp3) is 0.214. The van der Waals surface area contributed by atoms with E-state index < -0.39 is 34.4 Å². The van der Waals surface area contributed by atoms with E-state index in [1.54, 1.807) is 23.0 Å². The summed E-state index contributed by atoms with van der Waals surface area (Å²) in [5, 5.41) is -0.00512. The van der Waals surface area contributed by atoms with E-state index in [0.717, 1.165) is 12.1 Å². The summed E-state index contributed by atoms with van der Waals surface area (Å²) in [6.07, 6.45) is 2.66. The van der Waals surface area contributed by atoms with Crippen LogP contribution in [-0.4, -0.2) is 34.3 Å². The Morgan fingerprint density at radius 2 is 1.16 bits per heavy atom. The van der Waals surface area contributed by atoms with Gasteiger partial charge in [-0.3, -0.25) is 9.59 Å². The Morgan fingerprint density at radius 3 is 1.53 bits per heavy atom. The molecule has 2 aromatic carbocycles. The van der Waals surface area contributed by atoms with E-state index >= 15 is 0 Å². The predicted octanol–water partition coefficient (Wildman–Crippen LogP) is 4.20. The Morgan fingerprint density at radius 1 is 0.763 bits per heavy atom. The van der Waals surface area contributed by atoms with Gasteiger partial charge in [0.05, 0.1) is 24.2 Å². The number of carbonyl (C=O) groups excluding carboxylic acids is 2. The fourth-order valence-electron chi connectivity index (χ4n) is 4.24. The van der Waals surface area contributed by atoms with E-state index in [1.165, 1.54) is 36.7 Å². The van der Waals surface area contributed by atoms with Crippen LogP contribution in [0, 0.1) is 11.6 Å². The molecule has 0 N–H and O–H groups in total. The van der Waals surface area contributed by atoms with E-state index in [-0.39, 0.29) is 48.2 Å². The largest absolute Gasteiger partial charge is 0.462 e. The van der Waals surface area contributed by atoms with Crippen LogP contribution in [0.2, 0.25) is 0 Å². The van der Waals surface area contributed by atoms with Crippen LogP contribution in [-0.2, 0) is 22.6 Å². The number of rotatable bonds is 8. The predicted molar refractivity (Wildman–Crippen MR) is 137 cm³/mol. The van der Waals surface area contributed by atoms with Gasteiger partial charge in [0, 0.05) is 36.3 Å². The molecule has 196 valence electrons. The maximum absolute atomic E-state index is 14.0. The Labute approximate surface area is 215 Å². The second-order valence-electron chi connectivity index (χ2n) is 8.51. The second kappa shape index (κ2) is 10.8. The lowest BCUT2D eigenvalue weighted by molar-refractivity contribution is 0.0514. The minimum atomic E-state index is -0.837. The summed E-state index contributed by atoms with van der Waals surface area (Å²) in [7, 11) is 0. The van der Waals surface area contributed by atoms with Crippen molar-refractivity contribution in [2.24, 2.45) is 0 Å². The summed E-state index contributed by atoms with van der Waals surface area (Å²) in [6, 6.07) is 7.33. The molecule has 8 nitrogen and oxygen atoms in total. The smallest absolute Gasteiger partial charge is 0.343 e. The molecule has 0 saturated heterocycles. The summed E-state index contributed by atoms with van der Waals surface area (Å²) >= 11 is 0. The van der Waals surface area contributed by atoms with E-state index in [1.807, 2.05) is 0 Å². The molecule has 38 heavy (non-hydrogen) atoms. The molecule has 2 heterocycles. The molecule has 4 rings (SSSR count). The highest BCUT2D eigenvalue weighted by atomic mass is 19.1. The van der Waals surface area contributed by atoms with Gasteiger partial charge >= 0.3 is 11.9 Å². The van der Waals surface area contributed by atoms with Gasteiger partial charge in [0.1, 0.15) is 22.8 Å². The number of esters is 2.